The van der Waals surface area contributed by atoms with E-state index in [4.69, 9.17) is 0 Å². The summed E-state index contributed by atoms with van der Waals surface area (Å²) in [6.45, 7) is 0.405. The number of pyridine rings is 1. The zero-order valence-corrected chi connectivity index (χ0v) is 15.7. The maximum absolute atomic E-state index is 12.9. The molecule has 0 spiro atoms. The highest BCUT2D eigenvalue weighted by molar-refractivity contribution is 5.62. The SMILES string of the molecule is O=c1c([N+](=O)[O-])c(N2CCCC[C@@H]2c2ccc(C(F)(F)F)cc2)nc2ccccn12. The molecule has 3 heterocycles. The molecule has 1 aromatic carbocycles. The minimum Gasteiger partial charge on any atom is -0.344 e. The van der Waals surface area contributed by atoms with Gasteiger partial charge in [-0.05, 0) is 49.1 Å². The molecule has 1 saturated heterocycles. The number of hydrogen-bond acceptors (Lipinski definition) is 5. The summed E-state index contributed by atoms with van der Waals surface area (Å²) < 4.78 is 39.8. The van der Waals surface area contributed by atoms with Crippen LogP contribution in [0.1, 0.15) is 36.4 Å². The van der Waals surface area contributed by atoms with Crippen LogP contribution in [0.15, 0.2) is 53.5 Å². The smallest absolute Gasteiger partial charge is 0.344 e. The third kappa shape index (κ3) is 3.49. The number of aromatic nitrogens is 2. The first kappa shape index (κ1) is 19.9. The first-order valence-electron chi connectivity index (χ1n) is 9.37. The van der Waals surface area contributed by atoms with Gasteiger partial charge in [0.25, 0.3) is 0 Å². The number of halogens is 3. The van der Waals surface area contributed by atoms with Crippen molar-refractivity contribution in [2.24, 2.45) is 0 Å². The van der Waals surface area contributed by atoms with Crippen molar-refractivity contribution in [2.75, 3.05) is 11.4 Å². The summed E-state index contributed by atoms with van der Waals surface area (Å²) in [5.74, 6) is -0.0548. The number of hydrogen-bond donors (Lipinski definition) is 0. The highest BCUT2D eigenvalue weighted by Gasteiger charge is 2.35. The third-order valence-electron chi connectivity index (χ3n) is 5.27. The number of rotatable bonds is 3. The molecule has 4 rings (SSSR count). The Labute approximate surface area is 168 Å². The Morgan fingerprint density at radius 1 is 1.10 bits per heavy atom. The number of piperidine rings is 1. The van der Waals surface area contributed by atoms with E-state index in [2.05, 4.69) is 4.98 Å². The Morgan fingerprint density at radius 3 is 2.50 bits per heavy atom. The molecule has 1 aliphatic rings. The van der Waals surface area contributed by atoms with Crippen LogP contribution in [0.2, 0.25) is 0 Å². The van der Waals surface area contributed by atoms with E-state index >= 15 is 0 Å². The minimum absolute atomic E-state index is 0.0548. The van der Waals surface area contributed by atoms with Gasteiger partial charge in [0.1, 0.15) is 5.65 Å². The Bertz CT molecular complexity index is 1160. The molecule has 1 atom stereocenters. The summed E-state index contributed by atoms with van der Waals surface area (Å²) in [7, 11) is 0. The summed E-state index contributed by atoms with van der Waals surface area (Å²) in [5.41, 5.74) is -1.34. The van der Waals surface area contributed by atoms with E-state index in [1.165, 1.54) is 18.3 Å². The lowest BCUT2D eigenvalue weighted by Crippen LogP contribution is -2.36. The predicted molar refractivity (Wildman–Crippen MR) is 103 cm³/mol. The number of nitro groups is 1. The molecule has 0 N–H and O–H groups in total. The Kier molecular flexibility index (Phi) is 4.92. The number of nitrogens with zero attached hydrogens (tertiary/aromatic N) is 4. The highest BCUT2D eigenvalue weighted by Crippen LogP contribution is 2.38. The van der Waals surface area contributed by atoms with Crippen molar-refractivity contribution in [3.05, 3.63) is 80.3 Å². The van der Waals surface area contributed by atoms with Crippen molar-refractivity contribution in [3.8, 4) is 0 Å². The average molecular weight is 418 g/mol. The van der Waals surface area contributed by atoms with Gasteiger partial charge in [-0.3, -0.25) is 19.3 Å². The maximum Gasteiger partial charge on any atom is 0.416 e. The van der Waals surface area contributed by atoms with E-state index in [1.807, 2.05) is 0 Å². The van der Waals surface area contributed by atoms with Gasteiger partial charge in [-0.1, -0.05) is 18.2 Å². The fourth-order valence-electron chi connectivity index (χ4n) is 3.85. The Hall–Kier alpha value is -3.43. The van der Waals surface area contributed by atoms with Crippen LogP contribution in [0.5, 0.6) is 0 Å². The van der Waals surface area contributed by atoms with Crippen molar-refractivity contribution < 1.29 is 18.1 Å². The zero-order chi connectivity index (χ0) is 21.5. The second-order valence-corrected chi connectivity index (χ2v) is 7.10. The quantitative estimate of drug-likeness (QED) is 0.467. The number of benzene rings is 1. The van der Waals surface area contributed by atoms with E-state index < -0.39 is 34.0 Å². The first-order valence-corrected chi connectivity index (χ1v) is 9.37. The number of alkyl halides is 3. The Morgan fingerprint density at radius 2 is 1.83 bits per heavy atom. The van der Waals surface area contributed by atoms with Crippen molar-refractivity contribution in [1.29, 1.82) is 0 Å². The van der Waals surface area contributed by atoms with Gasteiger partial charge < -0.3 is 4.90 Å². The predicted octanol–water partition coefficient (Wildman–Crippen LogP) is 4.35. The molecule has 1 fully saturated rings. The minimum atomic E-state index is -4.45. The van der Waals surface area contributed by atoms with Crippen molar-refractivity contribution in [2.45, 2.75) is 31.5 Å². The molecule has 2 aromatic heterocycles. The third-order valence-corrected chi connectivity index (χ3v) is 5.27. The first-order chi connectivity index (χ1) is 14.3. The molecule has 0 saturated carbocycles. The van der Waals surface area contributed by atoms with E-state index in [1.54, 1.807) is 23.1 Å². The van der Waals surface area contributed by atoms with Gasteiger partial charge in [0.15, 0.2) is 0 Å². The van der Waals surface area contributed by atoms with Gasteiger partial charge in [-0.2, -0.15) is 13.2 Å². The standard InChI is InChI=1S/C20H17F3N4O3/c21-20(22,23)14-9-7-13(8-10-14)15-5-1-3-11-25(15)18-17(27(29)30)19(28)26-12-4-2-6-16(26)24-18/h2,4,6-10,12,15H,1,3,5,11H2/t15-/m1/s1. The Balaban J connectivity index is 1.83. The van der Waals surface area contributed by atoms with Gasteiger partial charge in [-0.25, -0.2) is 4.98 Å². The average Bonchev–Trinajstić information content (AvgIpc) is 2.73. The van der Waals surface area contributed by atoms with E-state index in [-0.39, 0.29) is 11.5 Å². The van der Waals surface area contributed by atoms with E-state index in [9.17, 15) is 28.1 Å². The summed E-state index contributed by atoms with van der Waals surface area (Å²) in [6, 6.07) is 9.16. The molecule has 7 nitrogen and oxygen atoms in total. The summed E-state index contributed by atoms with van der Waals surface area (Å²) in [5, 5.41) is 11.7. The fourth-order valence-corrected chi connectivity index (χ4v) is 3.85. The van der Waals surface area contributed by atoms with Crippen LogP contribution in [0.4, 0.5) is 24.7 Å². The number of anilines is 1. The van der Waals surface area contributed by atoms with Crippen molar-refractivity contribution in [1.82, 2.24) is 9.38 Å². The largest absolute Gasteiger partial charge is 0.416 e. The topological polar surface area (TPSA) is 80.8 Å². The van der Waals surface area contributed by atoms with Crippen LogP contribution in [0, 0.1) is 10.1 Å². The van der Waals surface area contributed by atoms with Crippen LogP contribution < -0.4 is 10.5 Å². The molecule has 10 heteroatoms. The van der Waals surface area contributed by atoms with Crippen LogP contribution >= 0.6 is 0 Å². The van der Waals surface area contributed by atoms with Crippen LogP contribution in [0.25, 0.3) is 5.65 Å². The lowest BCUT2D eigenvalue weighted by atomic mass is 9.94. The van der Waals surface area contributed by atoms with Crippen LogP contribution in [0.3, 0.4) is 0 Å². The maximum atomic E-state index is 12.9. The van der Waals surface area contributed by atoms with E-state index in [0.717, 1.165) is 29.4 Å². The monoisotopic (exact) mass is 418 g/mol. The molecule has 1 aliphatic heterocycles. The summed E-state index contributed by atoms with van der Waals surface area (Å²) in [4.78, 5) is 29.8. The van der Waals surface area contributed by atoms with Crippen LogP contribution in [-0.4, -0.2) is 20.9 Å². The second-order valence-electron chi connectivity index (χ2n) is 7.10. The lowest BCUT2D eigenvalue weighted by Gasteiger charge is -2.36. The molecule has 0 unspecified atom stereocenters. The van der Waals surface area contributed by atoms with Crippen molar-refractivity contribution in [3.63, 3.8) is 0 Å². The summed E-state index contributed by atoms with van der Waals surface area (Å²) in [6.07, 6.45) is -0.922. The van der Waals surface area contributed by atoms with Gasteiger partial charge in [0.05, 0.1) is 16.5 Å². The molecular formula is C20H17F3N4O3. The molecule has 0 amide bonds. The van der Waals surface area contributed by atoms with Gasteiger partial charge >= 0.3 is 17.4 Å². The lowest BCUT2D eigenvalue weighted by molar-refractivity contribution is -0.385. The highest BCUT2D eigenvalue weighted by atomic mass is 19.4. The molecule has 30 heavy (non-hydrogen) atoms. The van der Waals surface area contributed by atoms with Gasteiger partial charge in [0, 0.05) is 12.7 Å². The zero-order valence-electron chi connectivity index (χ0n) is 15.7. The molecular weight excluding hydrogens is 401 g/mol. The van der Waals surface area contributed by atoms with Crippen molar-refractivity contribution >= 4 is 17.2 Å². The molecule has 156 valence electrons. The molecule has 3 aromatic rings. The molecule has 0 bridgehead atoms. The van der Waals surface area contributed by atoms with Gasteiger partial charge in [-0.15, -0.1) is 0 Å². The van der Waals surface area contributed by atoms with Gasteiger partial charge in [0.2, 0.25) is 5.82 Å². The van der Waals surface area contributed by atoms with Crippen LogP contribution in [-0.2, 0) is 6.18 Å². The normalized spacial score (nSPS) is 17.3. The fraction of sp³-hybridized carbons (Fsp3) is 0.300. The molecule has 0 radical (unpaired) electrons. The summed E-state index contributed by atoms with van der Waals surface area (Å²) >= 11 is 0. The number of fused-ring (bicyclic) bond motifs is 1. The second kappa shape index (κ2) is 7.43. The molecule has 0 aliphatic carbocycles. The van der Waals surface area contributed by atoms with E-state index in [0.29, 0.717) is 18.5 Å².